The van der Waals surface area contributed by atoms with Gasteiger partial charge in [-0.25, -0.2) is 4.57 Å². The molecule has 0 unspecified atom stereocenters. The van der Waals surface area contributed by atoms with Gasteiger partial charge in [-0.3, -0.25) is 4.79 Å². The minimum atomic E-state index is -0.196. The second-order valence-corrected chi connectivity index (χ2v) is 9.03. The first-order valence-corrected chi connectivity index (χ1v) is 12.8. The Balaban J connectivity index is 0.00000220. The Bertz CT molecular complexity index is 1590. The van der Waals surface area contributed by atoms with Gasteiger partial charge in [-0.15, -0.1) is 0 Å². The summed E-state index contributed by atoms with van der Waals surface area (Å²) in [5.74, 6) is -0.196. The fraction of sp³-hybridized carbons (Fsp3) is 0.129. The molecule has 206 valence electrons. The van der Waals surface area contributed by atoms with E-state index < -0.39 is 0 Å². The molecule has 0 saturated carbocycles. The van der Waals surface area contributed by atoms with Crippen LogP contribution in [-0.4, -0.2) is 5.91 Å². The van der Waals surface area contributed by atoms with Gasteiger partial charge < -0.3 is 69.6 Å². The molecular formula is C31H32I2N6O. The number of fused-ring (bicyclic) bond motifs is 1. The number of carbonyl (C=O) groups excluding carboxylic acids is 1. The third-order valence-corrected chi connectivity index (χ3v) is 6.54. The van der Waals surface area contributed by atoms with Crippen molar-refractivity contribution in [2.45, 2.75) is 26.9 Å². The Hall–Kier alpha value is -3.45. The first kappa shape index (κ1) is 31.1. The normalized spacial score (nSPS) is 10.2. The number of anilines is 6. The summed E-state index contributed by atoms with van der Waals surface area (Å²) >= 11 is 0. The molecule has 0 saturated heterocycles. The third-order valence-electron chi connectivity index (χ3n) is 6.54. The van der Waals surface area contributed by atoms with E-state index >= 15 is 0 Å². The largest absolute Gasteiger partial charge is 1.00 e. The van der Waals surface area contributed by atoms with Crippen molar-refractivity contribution in [3.8, 4) is 0 Å². The van der Waals surface area contributed by atoms with Gasteiger partial charge in [0.1, 0.15) is 13.1 Å². The summed E-state index contributed by atoms with van der Waals surface area (Å²) in [6.07, 6.45) is 6.11. The number of nitrogen functional groups attached to an aromatic ring is 1. The van der Waals surface area contributed by atoms with Crippen molar-refractivity contribution < 1.29 is 61.9 Å². The first-order chi connectivity index (χ1) is 18.5. The maximum Gasteiger partial charge on any atom is 0.255 e. The number of hydrogen-bond acceptors (Lipinski definition) is 4. The molecule has 0 spiro atoms. The second-order valence-electron chi connectivity index (χ2n) is 9.03. The zero-order valence-electron chi connectivity index (χ0n) is 22.4. The zero-order chi connectivity index (χ0) is 26.5. The Morgan fingerprint density at radius 3 is 2.05 bits per heavy atom. The molecule has 3 aromatic carbocycles. The Kier molecular flexibility index (Phi) is 11.1. The van der Waals surface area contributed by atoms with E-state index in [0.29, 0.717) is 16.9 Å². The third kappa shape index (κ3) is 7.19. The number of aryl methyl sites for hydroxylation is 2. The van der Waals surface area contributed by atoms with E-state index in [4.69, 9.17) is 5.73 Å². The number of nitrogens with two attached hydrogens (primary N) is 1. The summed E-state index contributed by atoms with van der Waals surface area (Å²) in [6.45, 7) is 6.05. The lowest BCUT2D eigenvalue weighted by Crippen LogP contribution is -3.00. The molecule has 40 heavy (non-hydrogen) atoms. The molecule has 0 aliphatic heterocycles. The van der Waals surface area contributed by atoms with E-state index in [2.05, 4.69) is 63.3 Å². The maximum absolute atomic E-state index is 12.9. The minimum Gasteiger partial charge on any atom is -1.00 e. The smallest absolute Gasteiger partial charge is 0.255 e. The van der Waals surface area contributed by atoms with Crippen molar-refractivity contribution in [3.63, 3.8) is 0 Å². The molecule has 0 bridgehead atoms. The highest BCUT2D eigenvalue weighted by Gasteiger charge is 2.12. The minimum absolute atomic E-state index is 0. The summed E-state index contributed by atoms with van der Waals surface area (Å²) in [4.78, 5) is 12.9. The number of halogens is 2. The molecular weight excluding hydrogens is 726 g/mol. The fourth-order valence-electron chi connectivity index (χ4n) is 4.40. The number of amides is 1. The SMILES string of the molecule is CC[n+]1ccc(Nc2ccc(NC(=O)c3ccc(Nc4cc[n+](CC)c5ccccc45)cc3)cc2N)cc1.[I-].[I-]. The lowest BCUT2D eigenvalue weighted by molar-refractivity contribution is -0.693. The van der Waals surface area contributed by atoms with Gasteiger partial charge in [-0.05, 0) is 62.4 Å². The van der Waals surface area contributed by atoms with Gasteiger partial charge >= 0.3 is 0 Å². The molecule has 0 atom stereocenters. The molecule has 0 radical (unpaired) electrons. The van der Waals surface area contributed by atoms with Crippen molar-refractivity contribution in [2.24, 2.45) is 0 Å². The highest BCUT2D eigenvalue weighted by Crippen LogP contribution is 2.27. The van der Waals surface area contributed by atoms with Gasteiger partial charge in [-0.1, -0.05) is 12.1 Å². The van der Waals surface area contributed by atoms with Crippen LogP contribution in [0.1, 0.15) is 24.2 Å². The van der Waals surface area contributed by atoms with Crippen LogP contribution in [0.15, 0.2) is 104 Å². The molecule has 2 heterocycles. The van der Waals surface area contributed by atoms with Crippen molar-refractivity contribution in [2.75, 3.05) is 21.7 Å². The van der Waals surface area contributed by atoms with Crippen LogP contribution in [0.2, 0.25) is 0 Å². The van der Waals surface area contributed by atoms with E-state index in [1.165, 1.54) is 5.52 Å². The molecule has 7 nitrogen and oxygen atoms in total. The number of hydrogen-bond donors (Lipinski definition) is 4. The van der Waals surface area contributed by atoms with Gasteiger partial charge in [0.15, 0.2) is 18.6 Å². The van der Waals surface area contributed by atoms with Gasteiger partial charge in [0.25, 0.3) is 5.91 Å². The summed E-state index contributed by atoms with van der Waals surface area (Å²) in [6, 6.07) is 27.3. The number of nitrogens with zero attached hydrogens (tertiary/aromatic N) is 2. The Morgan fingerprint density at radius 1 is 0.725 bits per heavy atom. The van der Waals surface area contributed by atoms with Crippen LogP contribution < -0.4 is 78.8 Å². The van der Waals surface area contributed by atoms with Crippen LogP contribution in [0, 0.1) is 0 Å². The van der Waals surface area contributed by atoms with Crippen LogP contribution in [0.3, 0.4) is 0 Å². The van der Waals surface area contributed by atoms with E-state index in [9.17, 15) is 4.79 Å². The molecule has 5 N–H and O–H groups in total. The Labute approximate surface area is 268 Å². The summed E-state index contributed by atoms with van der Waals surface area (Å²) in [5.41, 5.74) is 12.8. The van der Waals surface area contributed by atoms with Gasteiger partial charge in [0, 0.05) is 41.2 Å². The van der Waals surface area contributed by atoms with Gasteiger partial charge in [-0.2, -0.15) is 4.57 Å². The zero-order valence-corrected chi connectivity index (χ0v) is 26.7. The van der Waals surface area contributed by atoms with Crippen LogP contribution in [0.4, 0.5) is 34.1 Å². The first-order valence-electron chi connectivity index (χ1n) is 12.8. The van der Waals surface area contributed by atoms with E-state index in [0.717, 1.165) is 41.2 Å². The highest BCUT2D eigenvalue weighted by molar-refractivity contribution is 6.05. The predicted molar refractivity (Wildman–Crippen MR) is 154 cm³/mol. The standard InChI is InChI=1S/C31H30N6O.2HI/c1-3-36-18-15-24(16-19-36)34-29-14-13-25(21-27(29)32)35-31(38)22-9-11-23(12-10-22)33-28-17-20-37(4-2)30-8-6-5-7-26(28)30;;/h5-21H,3-4,32H2,1-2H3,(H,35,38);2*1H. The molecule has 2 aromatic heterocycles. The summed E-state index contributed by atoms with van der Waals surface area (Å²) in [5, 5.41) is 10.9. The molecule has 9 heteroatoms. The number of benzene rings is 3. The molecule has 0 fully saturated rings. The van der Waals surface area contributed by atoms with Crippen molar-refractivity contribution in [3.05, 3.63) is 109 Å². The predicted octanol–water partition coefficient (Wildman–Crippen LogP) is -0.216. The van der Waals surface area contributed by atoms with Crippen LogP contribution in [0.5, 0.6) is 0 Å². The fourth-order valence-corrected chi connectivity index (χ4v) is 4.40. The maximum atomic E-state index is 12.9. The number of aromatic nitrogens is 2. The van der Waals surface area contributed by atoms with Crippen molar-refractivity contribution >= 4 is 50.9 Å². The lowest BCUT2D eigenvalue weighted by atomic mass is 10.1. The van der Waals surface area contributed by atoms with Crippen molar-refractivity contribution in [1.82, 2.24) is 0 Å². The van der Waals surface area contributed by atoms with Gasteiger partial charge in [0.05, 0.1) is 28.1 Å². The van der Waals surface area contributed by atoms with E-state index in [1.807, 2.05) is 73.1 Å². The van der Waals surface area contributed by atoms with Gasteiger partial charge in [0.2, 0.25) is 5.52 Å². The Morgan fingerprint density at radius 2 is 1.38 bits per heavy atom. The number of carbonyl (C=O) groups is 1. The lowest BCUT2D eigenvalue weighted by Gasteiger charge is -2.12. The summed E-state index contributed by atoms with van der Waals surface area (Å²) in [7, 11) is 0. The summed E-state index contributed by atoms with van der Waals surface area (Å²) < 4.78 is 4.30. The molecule has 5 aromatic rings. The molecule has 5 rings (SSSR count). The topological polar surface area (TPSA) is 86.9 Å². The molecule has 0 aliphatic rings. The molecule has 1 amide bonds. The quantitative estimate of drug-likeness (QED) is 0.100. The number of pyridine rings is 2. The van der Waals surface area contributed by atoms with E-state index in [1.54, 1.807) is 6.07 Å². The number of para-hydroxylation sites is 1. The average Bonchev–Trinajstić information content (AvgIpc) is 2.95. The van der Waals surface area contributed by atoms with Crippen LogP contribution >= 0.6 is 0 Å². The van der Waals surface area contributed by atoms with Crippen LogP contribution in [-0.2, 0) is 13.1 Å². The van der Waals surface area contributed by atoms with Crippen LogP contribution in [0.25, 0.3) is 10.9 Å². The average molecular weight is 758 g/mol. The van der Waals surface area contributed by atoms with Crippen molar-refractivity contribution in [1.29, 1.82) is 0 Å². The van der Waals surface area contributed by atoms with E-state index in [-0.39, 0.29) is 53.9 Å². The highest BCUT2D eigenvalue weighted by atomic mass is 127. The molecule has 0 aliphatic carbocycles. The monoisotopic (exact) mass is 758 g/mol. The second kappa shape index (κ2) is 14.3. The number of rotatable bonds is 8. The number of nitrogens with one attached hydrogen (secondary N) is 3.